The largest absolute Gasteiger partial charge is 0.421 e. The summed E-state index contributed by atoms with van der Waals surface area (Å²) in [5, 5.41) is 10.1. The van der Waals surface area contributed by atoms with Crippen LogP contribution >= 0.6 is 0 Å². The van der Waals surface area contributed by atoms with Gasteiger partial charge in [-0.3, -0.25) is 4.79 Å². The van der Waals surface area contributed by atoms with E-state index in [9.17, 15) is 23.1 Å². The van der Waals surface area contributed by atoms with Gasteiger partial charge in [-0.25, -0.2) is 0 Å². The monoisotopic (exact) mass is 320 g/mol. The Balaban J connectivity index is 2.22. The Kier molecular flexibility index (Phi) is 5.01. The number of benzene rings is 2. The van der Waals surface area contributed by atoms with E-state index in [0.29, 0.717) is 5.56 Å². The summed E-state index contributed by atoms with van der Waals surface area (Å²) >= 11 is 0. The molecule has 0 spiro atoms. The summed E-state index contributed by atoms with van der Waals surface area (Å²) in [6, 6.07) is 15.3. The first kappa shape index (κ1) is 17.0. The molecule has 0 fully saturated rings. The summed E-state index contributed by atoms with van der Waals surface area (Å²) < 4.78 is 39.9. The molecule has 5 heteroatoms. The Labute approximate surface area is 131 Å². The lowest BCUT2D eigenvalue weighted by Gasteiger charge is -2.30. The molecule has 2 aromatic rings. The number of ketones is 1. The first-order valence-corrected chi connectivity index (χ1v) is 6.93. The van der Waals surface area contributed by atoms with Gasteiger partial charge in [0.25, 0.3) is 0 Å². The number of aliphatic hydroxyl groups is 1. The number of alkyl halides is 3. The predicted molar refractivity (Wildman–Crippen MR) is 81.5 cm³/mol. The zero-order valence-corrected chi connectivity index (χ0v) is 12.1. The fourth-order valence-electron chi connectivity index (χ4n) is 2.14. The van der Waals surface area contributed by atoms with Crippen LogP contribution in [0.15, 0.2) is 66.7 Å². The molecule has 0 bridgehead atoms. The molecule has 2 nitrogen and oxygen atoms in total. The smallest absolute Gasteiger partial charge is 0.376 e. The van der Waals surface area contributed by atoms with E-state index in [1.165, 1.54) is 24.3 Å². The number of allylic oxidation sites excluding steroid dienone is 1. The lowest BCUT2D eigenvalue weighted by atomic mass is 9.87. The third kappa shape index (κ3) is 4.07. The second kappa shape index (κ2) is 6.79. The summed E-state index contributed by atoms with van der Waals surface area (Å²) in [6.07, 6.45) is -3.55. The van der Waals surface area contributed by atoms with Crippen molar-refractivity contribution in [3.63, 3.8) is 0 Å². The van der Waals surface area contributed by atoms with Gasteiger partial charge in [0.05, 0.1) is 6.42 Å². The van der Waals surface area contributed by atoms with Crippen molar-refractivity contribution in [3.05, 3.63) is 77.9 Å². The van der Waals surface area contributed by atoms with Gasteiger partial charge in [0, 0.05) is 0 Å². The minimum atomic E-state index is -4.95. The van der Waals surface area contributed by atoms with Crippen LogP contribution in [0, 0.1) is 0 Å². The Morgan fingerprint density at radius 2 is 1.48 bits per heavy atom. The molecule has 1 atom stereocenters. The van der Waals surface area contributed by atoms with Crippen LogP contribution in [0.25, 0.3) is 6.08 Å². The molecule has 1 N–H and O–H groups in total. The molecule has 0 radical (unpaired) electrons. The van der Waals surface area contributed by atoms with Gasteiger partial charge in [0.1, 0.15) is 0 Å². The second-order valence-corrected chi connectivity index (χ2v) is 5.11. The molecule has 0 amide bonds. The normalized spacial score (nSPS) is 14.6. The van der Waals surface area contributed by atoms with E-state index in [2.05, 4.69) is 0 Å². The molecule has 0 heterocycles. The van der Waals surface area contributed by atoms with Crippen LogP contribution in [-0.2, 0) is 10.4 Å². The Hall–Kier alpha value is -2.40. The molecule has 0 saturated carbocycles. The third-order valence-corrected chi connectivity index (χ3v) is 3.41. The van der Waals surface area contributed by atoms with Crippen LogP contribution in [0.2, 0.25) is 0 Å². The highest BCUT2D eigenvalue weighted by atomic mass is 19.4. The van der Waals surface area contributed by atoms with Gasteiger partial charge < -0.3 is 5.11 Å². The van der Waals surface area contributed by atoms with Gasteiger partial charge in [-0.1, -0.05) is 66.7 Å². The van der Waals surface area contributed by atoms with E-state index in [1.54, 1.807) is 30.3 Å². The predicted octanol–water partition coefficient (Wildman–Crippen LogP) is 4.11. The zero-order chi connectivity index (χ0) is 16.9. The molecule has 23 heavy (non-hydrogen) atoms. The Morgan fingerprint density at radius 1 is 0.957 bits per heavy atom. The third-order valence-electron chi connectivity index (χ3n) is 3.41. The van der Waals surface area contributed by atoms with Gasteiger partial charge in [-0.15, -0.1) is 0 Å². The minimum absolute atomic E-state index is 0.353. The standard InChI is InChI=1S/C18H15F3O2/c19-18(20,21)17(23,15-9-5-2-6-10-15)13-16(22)12-11-14-7-3-1-4-8-14/h1-12,23H,13H2/t17-/m0/s1. The molecule has 0 aliphatic heterocycles. The van der Waals surface area contributed by atoms with E-state index in [4.69, 9.17) is 0 Å². The van der Waals surface area contributed by atoms with Crippen LogP contribution in [0.5, 0.6) is 0 Å². The summed E-state index contributed by atoms with van der Waals surface area (Å²) in [4.78, 5) is 11.9. The van der Waals surface area contributed by atoms with Crippen molar-refractivity contribution in [1.29, 1.82) is 0 Å². The van der Waals surface area contributed by atoms with Gasteiger partial charge in [-0.05, 0) is 17.2 Å². The molecule has 0 aliphatic rings. The fraction of sp³-hybridized carbons (Fsp3) is 0.167. The van der Waals surface area contributed by atoms with Crippen LogP contribution in [-0.4, -0.2) is 17.1 Å². The SMILES string of the molecule is O=C(C=Cc1ccccc1)C[C@](O)(c1ccccc1)C(F)(F)F. The topological polar surface area (TPSA) is 37.3 Å². The van der Waals surface area contributed by atoms with Crippen LogP contribution in [0.3, 0.4) is 0 Å². The molecule has 2 aromatic carbocycles. The summed E-state index contributed by atoms with van der Waals surface area (Å²) in [5.41, 5.74) is -2.86. The highest BCUT2D eigenvalue weighted by Crippen LogP contribution is 2.41. The molecule has 0 aromatic heterocycles. The maximum absolute atomic E-state index is 13.3. The molecule has 120 valence electrons. The average molecular weight is 320 g/mol. The molecular formula is C18H15F3O2. The Bertz CT molecular complexity index is 678. The zero-order valence-electron chi connectivity index (χ0n) is 12.1. The lowest BCUT2D eigenvalue weighted by Crippen LogP contribution is -2.43. The van der Waals surface area contributed by atoms with E-state index < -0.39 is 24.0 Å². The van der Waals surface area contributed by atoms with Gasteiger partial charge in [0.2, 0.25) is 0 Å². The molecule has 0 aliphatic carbocycles. The van der Waals surface area contributed by atoms with E-state index in [-0.39, 0.29) is 5.56 Å². The van der Waals surface area contributed by atoms with Crippen molar-refractivity contribution >= 4 is 11.9 Å². The number of halogens is 3. The average Bonchev–Trinajstić information content (AvgIpc) is 2.53. The molecular weight excluding hydrogens is 305 g/mol. The van der Waals surface area contributed by atoms with E-state index in [0.717, 1.165) is 18.2 Å². The van der Waals surface area contributed by atoms with Crippen molar-refractivity contribution in [2.75, 3.05) is 0 Å². The molecule has 0 saturated heterocycles. The van der Waals surface area contributed by atoms with Crippen molar-refractivity contribution in [2.24, 2.45) is 0 Å². The minimum Gasteiger partial charge on any atom is -0.376 e. The number of hydrogen-bond acceptors (Lipinski definition) is 2. The highest BCUT2D eigenvalue weighted by molar-refractivity contribution is 5.94. The summed E-state index contributed by atoms with van der Waals surface area (Å²) in [5.74, 6) is -0.808. The Morgan fingerprint density at radius 3 is 2.00 bits per heavy atom. The van der Waals surface area contributed by atoms with E-state index >= 15 is 0 Å². The maximum atomic E-state index is 13.3. The van der Waals surface area contributed by atoms with Gasteiger partial charge >= 0.3 is 6.18 Å². The van der Waals surface area contributed by atoms with Gasteiger partial charge in [-0.2, -0.15) is 13.2 Å². The summed E-state index contributed by atoms with van der Waals surface area (Å²) in [7, 11) is 0. The van der Waals surface area contributed by atoms with Crippen molar-refractivity contribution in [2.45, 2.75) is 18.2 Å². The van der Waals surface area contributed by atoms with E-state index in [1.807, 2.05) is 0 Å². The van der Waals surface area contributed by atoms with Crippen molar-refractivity contribution in [3.8, 4) is 0 Å². The lowest BCUT2D eigenvalue weighted by molar-refractivity contribution is -0.266. The van der Waals surface area contributed by atoms with Crippen LogP contribution in [0.4, 0.5) is 13.2 Å². The number of carbonyl (C=O) groups is 1. The second-order valence-electron chi connectivity index (χ2n) is 5.11. The highest BCUT2D eigenvalue weighted by Gasteiger charge is 2.55. The number of hydrogen-bond donors (Lipinski definition) is 1. The first-order chi connectivity index (χ1) is 10.8. The van der Waals surface area contributed by atoms with Crippen molar-refractivity contribution in [1.82, 2.24) is 0 Å². The summed E-state index contributed by atoms with van der Waals surface area (Å²) in [6.45, 7) is 0. The first-order valence-electron chi connectivity index (χ1n) is 6.93. The van der Waals surface area contributed by atoms with Crippen molar-refractivity contribution < 1.29 is 23.1 Å². The maximum Gasteiger partial charge on any atom is 0.421 e. The molecule has 2 rings (SSSR count). The quantitative estimate of drug-likeness (QED) is 0.842. The molecule has 0 unspecified atom stereocenters. The van der Waals surface area contributed by atoms with Crippen LogP contribution < -0.4 is 0 Å². The van der Waals surface area contributed by atoms with Gasteiger partial charge in [0.15, 0.2) is 11.4 Å². The fourth-order valence-corrected chi connectivity index (χ4v) is 2.14. The number of rotatable bonds is 5. The number of carbonyl (C=O) groups excluding carboxylic acids is 1. The van der Waals surface area contributed by atoms with Crippen LogP contribution in [0.1, 0.15) is 17.5 Å².